The van der Waals surface area contributed by atoms with E-state index in [4.69, 9.17) is 4.42 Å². The molecule has 0 radical (unpaired) electrons. The van der Waals surface area contributed by atoms with Gasteiger partial charge in [0.25, 0.3) is 0 Å². The maximum atomic E-state index is 13.4. The van der Waals surface area contributed by atoms with Crippen LogP contribution in [-0.4, -0.2) is 11.1 Å². The minimum Gasteiger partial charge on any atom is -0.478 e. The van der Waals surface area contributed by atoms with Crippen molar-refractivity contribution in [3.8, 4) is 11.3 Å². The quantitative estimate of drug-likeness (QED) is 0.190. The molecule has 0 fully saturated rings. The third kappa shape index (κ3) is 7.55. The highest BCUT2D eigenvalue weighted by atomic mass is 16.4. The van der Waals surface area contributed by atoms with E-state index >= 15 is 0 Å². The molecule has 1 unspecified atom stereocenters. The molecular formula is C36H43NO4. The molecule has 5 nitrogen and oxygen atoms in total. The van der Waals surface area contributed by atoms with E-state index in [1.165, 1.54) is 0 Å². The molecule has 1 aromatic heterocycles. The average Bonchev–Trinajstić information content (AvgIpc) is 2.94. The first-order chi connectivity index (χ1) is 19.5. The van der Waals surface area contributed by atoms with Crippen molar-refractivity contribution >= 4 is 29.6 Å². The summed E-state index contributed by atoms with van der Waals surface area (Å²) in [5, 5.41) is 16.0. The molecule has 3 aromatic rings. The smallest absolute Gasteiger partial charge is 0.337 e. The fraction of sp³-hybridized carbons (Fsp3) is 0.333. The van der Waals surface area contributed by atoms with Gasteiger partial charge in [-0.25, -0.2) is 4.79 Å². The van der Waals surface area contributed by atoms with Crippen molar-refractivity contribution in [2.24, 2.45) is 0 Å². The highest BCUT2D eigenvalue weighted by Gasteiger charge is 2.21. The van der Waals surface area contributed by atoms with Crippen LogP contribution in [0.3, 0.4) is 0 Å². The van der Waals surface area contributed by atoms with E-state index in [9.17, 15) is 14.7 Å². The van der Waals surface area contributed by atoms with Gasteiger partial charge >= 0.3 is 5.97 Å². The van der Waals surface area contributed by atoms with Crippen molar-refractivity contribution in [1.82, 2.24) is 5.32 Å². The summed E-state index contributed by atoms with van der Waals surface area (Å²) in [6.45, 7) is 18.0. The molecule has 216 valence electrons. The number of carboxylic acids is 1. The number of hydrogen-bond donors (Lipinski definition) is 2. The van der Waals surface area contributed by atoms with Gasteiger partial charge in [-0.3, -0.25) is 4.79 Å². The fourth-order valence-electron chi connectivity index (χ4n) is 4.70. The predicted octanol–water partition coefficient (Wildman–Crippen LogP) is 7.46. The highest BCUT2D eigenvalue weighted by Crippen LogP contribution is 2.30. The summed E-state index contributed by atoms with van der Waals surface area (Å²) < 4.78 is 6.48. The first kappa shape index (κ1) is 31.4. The Bertz CT molecular complexity index is 1700. The van der Waals surface area contributed by atoms with Gasteiger partial charge in [0, 0.05) is 22.9 Å². The molecule has 0 saturated carbocycles. The minimum atomic E-state index is -0.981. The zero-order valence-corrected chi connectivity index (χ0v) is 25.5. The standard InChI is InChI=1S/C36H43NO4/c1-9-12-13-27-20-28(16-15-25(27)7)33-21-32(38)30-19-23(5)18-29(35(30)41-33)26(8)37-31(17-14-22(4)10-2)34(36(39)40)24(6)11-3/h13-21,26,37H,7,9-12H2,1-6,8H3,(H,39,40)/b22-14+,27-13-,31-17+,34-24+. The molecule has 0 aliphatic carbocycles. The topological polar surface area (TPSA) is 79.5 Å². The van der Waals surface area contributed by atoms with Gasteiger partial charge in [0.05, 0.1) is 17.0 Å². The molecular weight excluding hydrogens is 510 g/mol. The van der Waals surface area contributed by atoms with Gasteiger partial charge < -0.3 is 14.8 Å². The second-order valence-corrected chi connectivity index (χ2v) is 10.7. The number of allylic oxidation sites excluding steroid dienone is 4. The van der Waals surface area contributed by atoms with Crippen LogP contribution in [0.1, 0.15) is 84.4 Å². The molecule has 2 aromatic carbocycles. The maximum absolute atomic E-state index is 13.4. The number of carboxylic acid groups (broad SMARTS) is 1. The van der Waals surface area contributed by atoms with Gasteiger partial charge in [0.1, 0.15) is 11.3 Å². The number of unbranched alkanes of at least 4 members (excludes halogenated alkanes) is 1. The lowest BCUT2D eigenvalue weighted by molar-refractivity contribution is -0.132. The number of benzene rings is 2. The summed E-state index contributed by atoms with van der Waals surface area (Å²) >= 11 is 0. The molecule has 1 heterocycles. The molecule has 3 rings (SSSR count). The van der Waals surface area contributed by atoms with Crippen LogP contribution in [-0.2, 0) is 4.79 Å². The summed E-state index contributed by atoms with van der Waals surface area (Å²) in [6, 6.07) is 10.9. The lowest BCUT2D eigenvalue weighted by Gasteiger charge is -2.21. The predicted molar refractivity (Wildman–Crippen MR) is 171 cm³/mol. The van der Waals surface area contributed by atoms with Crippen LogP contribution in [0.25, 0.3) is 34.9 Å². The number of hydrogen-bond acceptors (Lipinski definition) is 4. The van der Waals surface area contributed by atoms with Crippen LogP contribution in [0, 0.1) is 6.92 Å². The molecule has 41 heavy (non-hydrogen) atoms. The second-order valence-electron chi connectivity index (χ2n) is 10.7. The molecule has 1 atom stereocenters. The molecule has 2 N–H and O–H groups in total. The Kier molecular flexibility index (Phi) is 10.7. The van der Waals surface area contributed by atoms with Gasteiger partial charge in [-0.1, -0.05) is 75.3 Å². The highest BCUT2D eigenvalue weighted by molar-refractivity contribution is 5.92. The number of nitrogens with one attached hydrogen (secondary N) is 1. The monoisotopic (exact) mass is 553 g/mol. The fourth-order valence-corrected chi connectivity index (χ4v) is 4.70. The largest absolute Gasteiger partial charge is 0.478 e. The van der Waals surface area contributed by atoms with Gasteiger partial charge in [0.15, 0.2) is 5.43 Å². The van der Waals surface area contributed by atoms with Crippen LogP contribution in [0.4, 0.5) is 0 Å². The SMILES string of the molecule is C=c1ccc(-c2cc(=O)c3cc(C)cc(C(C)NC(=C/C=C(\C)CC)/C(C(=O)O)=C(/C)CC)c3o2)c/c1=C/CCC. The summed E-state index contributed by atoms with van der Waals surface area (Å²) in [5.41, 5.74) is 5.56. The van der Waals surface area contributed by atoms with Crippen LogP contribution in [0.2, 0.25) is 0 Å². The van der Waals surface area contributed by atoms with Crippen LogP contribution >= 0.6 is 0 Å². The van der Waals surface area contributed by atoms with Crippen LogP contribution in [0.15, 0.2) is 80.2 Å². The third-order valence-electron chi connectivity index (χ3n) is 7.46. The summed E-state index contributed by atoms with van der Waals surface area (Å²) in [4.78, 5) is 25.8. The van der Waals surface area contributed by atoms with E-state index < -0.39 is 5.97 Å². The van der Waals surface area contributed by atoms with Crippen molar-refractivity contribution in [3.05, 3.63) is 103 Å². The lowest BCUT2D eigenvalue weighted by Crippen LogP contribution is -2.24. The van der Waals surface area contributed by atoms with Crippen LogP contribution < -0.4 is 21.2 Å². The van der Waals surface area contributed by atoms with E-state index in [2.05, 4.69) is 31.8 Å². The Balaban J connectivity index is 2.22. The van der Waals surface area contributed by atoms with Gasteiger partial charge in [0.2, 0.25) is 0 Å². The van der Waals surface area contributed by atoms with E-state index in [1.54, 1.807) is 6.07 Å². The van der Waals surface area contributed by atoms with E-state index in [-0.39, 0.29) is 17.0 Å². The average molecular weight is 554 g/mol. The first-order valence-corrected chi connectivity index (χ1v) is 14.5. The van der Waals surface area contributed by atoms with Crippen LogP contribution in [0.5, 0.6) is 0 Å². The third-order valence-corrected chi connectivity index (χ3v) is 7.46. The number of rotatable bonds is 11. The molecule has 0 spiro atoms. The summed E-state index contributed by atoms with van der Waals surface area (Å²) in [7, 11) is 0. The molecule has 0 bridgehead atoms. The number of aryl methyl sites for hydroxylation is 1. The first-order valence-electron chi connectivity index (χ1n) is 14.5. The Morgan fingerprint density at radius 3 is 2.44 bits per heavy atom. The van der Waals surface area contributed by atoms with Gasteiger partial charge in [-0.15, -0.1) is 0 Å². The molecule has 0 aliphatic rings. The summed E-state index contributed by atoms with van der Waals surface area (Å²) in [6.07, 6.45) is 9.39. The van der Waals surface area contributed by atoms with Crippen molar-refractivity contribution < 1.29 is 14.3 Å². The minimum absolute atomic E-state index is 0.124. The van der Waals surface area contributed by atoms with Crippen molar-refractivity contribution in [3.63, 3.8) is 0 Å². The van der Waals surface area contributed by atoms with Gasteiger partial charge in [-0.05, 0) is 81.2 Å². The Morgan fingerprint density at radius 2 is 1.80 bits per heavy atom. The molecule has 5 heteroatoms. The Morgan fingerprint density at radius 1 is 1.07 bits per heavy atom. The zero-order valence-electron chi connectivity index (χ0n) is 25.5. The van der Waals surface area contributed by atoms with E-state index in [1.807, 2.05) is 77.1 Å². The Hall–Kier alpha value is -4.12. The number of fused-ring (bicyclic) bond motifs is 1. The summed E-state index contributed by atoms with van der Waals surface area (Å²) in [5.74, 6) is -0.499. The van der Waals surface area contributed by atoms with Crippen molar-refractivity contribution in [2.45, 2.75) is 80.2 Å². The maximum Gasteiger partial charge on any atom is 0.337 e. The normalized spacial score (nSPS) is 14.3. The van der Waals surface area contributed by atoms with Gasteiger partial charge in [-0.2, -0.15) is 0 Å². The Labute approximate surface area is 243 Å². The lowest BCUT2D eigenvalue weighted by atomic mass is 9.98. The molecule has 0 saturated heterocycles. The second kappa shape index (κ2) is 14.0. The van der Waals surface area contributed by atoms with Crippen molar-refractivity contribution in [2.75, 3.05) is 0 Å². The van der Waals surface area contributed by atoms with E-state index in [0.29, 0.717) is 28.8 Å². The molecule has 0 aliphatic heterocycles. The number of carbonyl (C=O) groups is 1. The van der Waals surface area contributed by atoms with E-state index in [0.717, 1.165) is 57.5 Å². The number of aliphatic carboxylic acids is 1. The molecule has 0 amide bonds. The van der Waals surface area contributed by atoms with Crippen molar-refractivity contribution in [1.29, 1.82) is 0 Å². The zero-order chi connectivity index (χ0) is 30.3.